The third-order valence-corrected chi connectivity index (χ3v) is 6.76. The van der Waals surface area contributed by atoms with Crippen LogP contribution in [-0.4, -0.2) is 25.9 Å². The molecule has 2 amide bonds. The summed E-state index contributed by atoms with van der Waals surface area (Å²) >= 11 is 0.740. The highest BCUT2D eigenvalue weighted by Gasteiger charge is 2.25. The van der Waals surface area contributed by atoms with Gasteiger partial charge in [0.25, 0.3) is 11.1 Å². The van der Waals surface area contributed by atoms with Crippen molar-refractivity contribution < 1.29 is 28.6 Å². The van der Waals surface area contributed by atoms with Crippen LogP contribution in [0, 0.1) is 11.6 Å². The summed E-state index contributed by atoms with van der Waals surface area (Å²) in [4.78, 5) is 23.3. The average Bonchev–Trinajstić information content (AvgIpc) is 3.33. The Balaban J connectivity index is 1.56. The van der Waals surface area contributed by atoms with E-state index in [-0.39, 0.29) is 38.9 Å². The number of fused-ring (bicyclic) bond motifs is 1. The molecular weight excluding hydrogens is 514 g/mol. The molecule has 0 spiro atoms. The molecule has 0 saturated carbocycles. The maximum atomic E-state index is 14.9. The molecule has 1 aliphatic heterocycles. The molecule has 1 saturated heterocycles. The minimum Gasteiger partial charge on any atom is -0.506 e. The summed E-state index contributed by atoms with van der Waals surface area (Å²) in [5, 5.41) is 31.1. The number of azo groups is 1. The number of phenolic OH excluding ortho intramolecular Hbond substituents is 1. The monoisotopic (exact) mass is 534 g/mol. The lowest BCUT2D eigenvalue weighted by Gasteiger charge is -2.10. The van der Waals surface area contributed by atoms with Crippen LogP contribution in [0.15, 0.2) is 69.7 Å². The molecule has 5 rings (SSSR count). The fraction of sp³-hybridized carbons (Fsp3) is 0.111. The lowest BCUT2D eigenvalue weighted by molar-refractivity contribution is -0.115. The third kappa shape index (κ3) is 4.63. The van der Waals surface area contributed by atoms with E-state index in [1.807, 2.05) is 26.0 Å². The van der Waals surface area contributed by atoms with Crippen molar-refractivity contribution in [1.82, 2.24) is 9.88 Å². The molecule has 0 radical (unpaired) electrons. The van der Waals surface area contributed by atoms with E-state index in [0.717, 1.165) is 29.5 Å². The number of thioether (sulfide) groups is 1. The van der Waals surface area contributed by atoms with Crippen molar-refractivity contribution in [2.75, 3.05) is 0 Å². The molecule has 0 unspecified atom stereocenters. The predicted molar refractivity (Wildman–Crippen MR) is 140 cm³/mol. The molecule has 3 aromatic carbocycles. The van der Waals surface area contributed by atoms with Crippen LogP contribution >= 0.6 is 11.8 Å². The minimum atomic E-state index is -0.891. The zero-order valence-corrected chi connectivity index (χ0v) is 20.9. The van der Waals surface area contributed by atoms with Crippen molar-refractivity contribution in [3.8, 4) is 17.3 Å². The molecule has 192 valence electrons. The highest BCUT2D eigenvalue weighted by atomic mass is 32.2. The van der Waals surface area contributed by atoms with Gasteiger partial charge < -0.3 is 10.2 Å². The highest BCUT2D eigenvalue weighted by Crippen LogP contribution is 2.43. The standard InChI is InChI=1S/C27H20F2N4O4S/c1-13(2)15-4-6-17(7-5-15)33-24-18(11-16(28)12-19(24)29)23(26(33)36)32-31-20-8-3-14(9-21(20)34)10-22-25(35)30-27(37)38-22/h3-13,34,36H,1-2H3,(H,30,35,37)/b22-10-,32-31?. The minimum absolute atomic E-state index is 0.00483. The Kier molecular flexibility index (Phi) is 6.45. The van der Waals surface area contributed by atoms with Crippen LogP contribution in [0.3, 0.4) is 0 Å². The summed E-state index contributed by atoms with van der Waals surface area (Å²) in [5.74, 6) is -2.78. The summed E-state index contributed by atoms with van der Waals surface area (Å²) < 4.78 is 30.3. The first kappa shape index (κ1) is 25.2. The van der Waals surface area contributed by atoms with Crippen LogP contribution in [0.2, 0.25) is 0 Å². The topological polar surface area (TPSA) is 116 Å². The maximum Gasteiger partial charge on any atom is 0.290 e. The van der Waals surface area contributed by atoms with E-state index < -0.39 is 28.7 Å². The number of carbonyl (C=O) groups excluding carboxylic acids is 2. The fourth-order valence-corrected chi connectivity index (χ4v) is 4.74. The van der Waals surface area contributed by atoms with Gasteiger partial charge in [-0.25, -0.2) is 8.78 Å². The van der Waals surface area contributed by atoms with E-state index in [2.05, 4.69) is 15.5 Å². The number of nitrogens with zero attached hydrogens (tertiary/aromatic N) is 3. The first-order valence-corrected chi connectivity index (χ1v) is 12.3. The van der Waals surface area contributed by atoms with Gasteiger partial charge in [-0.3, -0.25) is 19.5 Å². The Morgan fingerprint density at radius 1 is 1.00 bits per heavy atom. The Hall–Kier alpha value is -4.51. The van der Waals surface area contributed by atoms with Crippen LogP contribution in [0.5, 0.6) is 11.6 Å². The lowest BCUT2D eigenvalue weighted by Crippen LogP contribution is -2.17. The van der Waals surface area contributed by atoms with Gasteiger partial charge >= 0.3 is 0 Å². The van der Waals surface area contributed by atoms with Gasteiger partial charge in [0.15, 0.2) is 11.5 Å². The number of imide groups is 1. The Morgan fingerprint density at radius 2 is 1.74 bits per heavy atom. The number of aromatic nitrogens is 1. The van der Waals surface area contributed by atoms with E-state index in [9.17, 15) is 28.6 Å². The van der Waals surface area contributed by atoms with Crippen molar-refractivity contribution in [3.05, 3.63) is 82.3 Å². The number of rotatable bonds is 5. The van der Waals surface area contributed by atoms with Gasteiger partial charge in [0.1, 0.15) is 17.3 Å². The summed E-state index contributed by atoms with van der Waals surface area (Å²) in [7, 11) is 0. The van der Waals surface area contributed by atoms with E-state index in [1.54, 1.807) is 12.1 Å². The molecule has 1 fully saturated rings. The highest BCUT2D eigenvalue weighted by molar-refractivity contribution is 8.18. The van der Waals surface area contributed by atoms with Gasteiger partial charge in [0.2, 0.25) is 5.88 Å². The average molecular weight is 535 g/mol. The first-order valence-electron chi connectivity index (χ1n) is 11.4. The van der Waals surface area contributed by atoms with Crippen molar-refractivity contribution in [2.45, 2.75) is 19.8 Å². The molecule has 11 heteroatoms. The van der Waals surface area contributed by atoms with Crippen molar-refractivity contribution in [2.24, 2.45) is 10.2 Å². The second kappa shape index (κ2) is 9.75. The SMILES string of the molecule is CC(C)c1ccc(-n2c(O)c(N=Nc3ccc(/C=C4\SC(=O)NC4=O)cc3O)c3cc(F)cc(F)c32)cc1. The normalized spacial score (nSPS) is 14.9. The maximum absolute atomic E-state index is 14.9. The van der Waals surface area contributed by atoms with Gasteiger partial charge in [-0.1, -0.05) is 32.0 Å². The van der Waals surface area contributed by atoms with Crippen LogP contribution in [0.4, 0.5) is 25.0 Å². The molecule has 1 aromatic heterocycles. The molecule has 0 atom stereocenters. The van der Waals surface area contributed by atoms with Crippen molar-refractivity contribution in [3.63, 3.8) is 0 Å². The van der Waals surface area contributed by atoms with Crippen LogP contribution in [-0.2, 0) is 4.79 Å². The zero-order chi connectivity index (χ0) is 27.1. The molecule has 1 aliphatic rings. The predicted octanol–water partition coefficient (Wildman–Crippen LogP) is 7.18. The molecule has 0 bridgehead atoms. The van der Waals surface area contributed by atoms with Crippen LogP contribution in [0.25, 0.3) is 22.7 Å². The number of hydrogen-bond acceptors (Lipinski definition) is 7. The van der Waals surface area contributed by atoms with Crippen LogP contribution < -0.4 is 5.32 Å². The van der Waals surface area contributed by atoms with Gasteiger partial charge in [-0.05, 0) is 65.2 Å². The largest absolute Gasteiger partial charge is 0.506 e. The van der Waals surface area contributed by atoms with Gasteiger partial charge in [-0.15, -0.1) is 10.2 Å². The zero-order valence-electron chi connectivity index (χ0n) is 20.1. The van der Waals surface area contributed by atoms with Gasteiger partial charge in [-0.2, -0.15) is 0 Å². The Bertz CT molecular complexity index is 1680. The second-order valence-electron chi connectivity index (χ2n) is 8.84. The Morgan fingerprint density at radius 3 is 2.37 bits per heavy atom. The molecule has 38 heavy (non-hydrogen) atoms. The molecule has 3 N–H and O–H groups in total. The summed E-state index contributed by atoms with van der Waals surface area (Å²) in [6.07, 6.45) is 1.43. The smallest absolute Gasteiger partial charge is 0.290 e. The quantitative estimate of drug-likeness (QED) is 0.185. The van der Waals surface area contributed by atoms with Gasteiger partial charge in [0, 0.05) is 17.1 Å². The molecule has 2 heterocycles. The number of halogens is 2. The summed E-state index contributed by atoms with van der Waals surface area (Å²) in [5.41, 5.74) is 1.66. The third-order valence-electron chi connectivity index (χ3n) is 5.95. The van der Waals surface area contributed by atoms with E-state index >= 15 is 0 Å². The fourth-order valence-electron chi connectivity index (χ4n) is 4.06. The van der Waals surface area contributed by atoms with Gasteiger partial charge in [0.05, 0.1) is 10.4 Å². The lowest BCUT2D eigenvalue weighted by atomic mass is 10.0. The summed E-state index contributed by atoms with van der Waals surface area (Å²) in [6.45, 7) is 4.06. The molecular formula is C27H20F2N4O4S. The number of hydrogen-bond donors (Lipinski definition) is 3. The summed E-state index contributed by atoms with van der Waals surface area (Å²) in [6, 6.07) is 13.2. The molecule has 0 aliphatic carbocycles. The Labute approximate surface area is 219 Å². The van der Waals surface area contributed by atoms with Crippen molar-refractivity contribution >= 4 is 51.3 Å². The van der Waals surface area contributed by atoms with E-state index in [1.165, 1.54) is 28.8 Å². The number of nitrogens with one attached hydrogen (secondary N) is 1. The number of phenols is 1. The van der Waals surface area contributed by atoms with E-state index in [4.69, 9.17) is 0 Å². The molecule has 4 aromatic rings. The number of benzene rings is 3. The first-order chi connectivity index (χ1) is 18.1. The second-order valence-corrected chi connectivity index (χ2v) is 9.85. The number of amides is 2. The van der Waals surface area contributed by atoms with E-state index in [0.29, 0.717) is 11.3 Å². The number of aromatic hydroxyl groups is 2. The van der Waals surface area contributed by atoms with Crippen LogP contribution in [0.1, 0.15) is 30.9 Å². The molecule has 8 nitrogen and oxygen atoms in total. The van der Waals surface area contributed by atoms with Crippen molar-refractivity contribution in [1.29, 1.82) is 0 Å². The number of carbonyl (C=O) groups is 2.